The summed E-state index contributed by atoms with van der Waals surface area (Å²) in [6.45, 7) is 6.16. The lowest BCUT2D eigenvalue weighted by molar-refractivity contribution is 0.197. The van der Waals surface area contributed by atoms with E-state index in [4.69, 9.17) is 4.74 Å². The minimum Gasteiger partial charge on any atom is -0.488 e. The number of para-hydroxylation sites is 1. The molecule has 1 saturated heterocycles. The van der Waals surface area contributed by atoms with Crippen LogP contribution >= 0.6 is 11.3 Å². The Morgan fingerprint density at radius 2 is 2.19 bits per heavy atom. The molecule has 0 amide bonds. The number of nitrogens with one attached hydrogen (secondary N) is 1. The molecule has 1 aliphatic rings. The Morgan fingerprint density at radius 1 is 1.35 bits per heavy atom. The normalized spacial score (nSPS) is 20.6. The fourth-order valence-corrected chi connectivity index (χ4v) is 4.39. The van der Waals surface area contributed by atoms with Crippen molar-refractivity contribution in [1.82, 2.24) is 14.9 Å². The zero-order valence-electron chi connectivity index (χ0n) is 15.4. The molecule has 0 radical (unpaired) electrons. The molecular weight excluding hydrogens is 344 g/mol. The quantitative estimate of drug-likeness (QED) is 0.735. The summed E-state index contributed by atoms with van der Waals surface area (Å²) in [6.07, 6.45) is 3.21. The number of rotatable bonds is 5. The Balaban J connectivity index is 1.48. The molecular formula is C20H24N4OS. The number of nitrogens with zero attached hydrogens (tertiary/aromatic N) is 3. The number of benzene rings is 1. The fraction of sp³-hybridized carbons (Fsp3) is 0.400. The largest absolute Gasteiger partial charge is 0.488 e. The minimum absolute atomic E-state index is 0.201. The van der Waals surface area contributed by atoms with Crippen LogP contribution in [0.4, 0.5) is 5.13 Å². The Morgan fingerprint density at radius 3 is 3.00 bits per heavy atom. The monoisotopic (exact) mass is 368 g/mol. The van der Waals surface area contributed by atoms with Gasteiger partial charge in [-0.05, 0) is 26.0 Å². The molecule has 2 unspecified atom stereocenters. The van der Waals surface area contributed by atoms with Crippen molar-refractivity contribution in [3.63, 3.8) is 0 Å². The molecule has 0 saturated carbocycles. The minimum atomic E-state index is 0.201. The first kappa shape index (κ1) is 17.2. The lowest BCUT2D eigenvalue weighted by Crippen LogP contribution is -2.27. The molecule has 6 heteroatoms. The second-order valence-corrected chi connectivity index (χ2v) is 8.03. The number of hydrogen-bond acceptors (Lipinski definition) is 6. The molecule has 26 heavy (non-hydrogen) atoms. The molecule has 0 spiro atoms. The highest BCUT2D eigenvalue weighted by atomic mass is 32.1. The summed E-state index contributed by atoms with van der Waals surface area (Å²) in [5.74, 6) is 0.947. The van der Waals surface area contributed by atoms with Crippen LogP contribution in [0.3, 0.4) is 0 Å². The summed E-state index contributed by atoms with van der Waals surface area (Å²) < 4.78 is 6.43. The molecule has 0 aliphatic carbocycles. The van der Waals surface area contributed by atoms with Crippen molar-refractivity contribution in [3.05, 3.63) is 47.1 Å². The highest BCUT2D eigenvalue weighted by Crippen LogP contribution is 2.30. The van der Waals surface area contributed by atoms with Crippen LogP contribution in [0, 0.1) is 6.92 Å². The third kappa shape index (κ3) is 3.52. The van der Waals surface area contributed by atoms with E-state index in [0.717, 1.165) is 47.0 Å². The van der Waals surface area contributed by atoms with Crippen molar-refractivity contribution < 1.29 is 4.74 Å². The van der Waals surface area contributed by atoms with Gasteiger partial charge in [0.1, 0.15) is 11.9 Å². The maximum Gasteiger partial charge on any atom is 0.182 e. The summed E-state index contributed by atoms with van der Waals surface area (Å²) in [7, 11) is 1.91. The van der Waals surface area contributed by atoms with E-state index in [0.29, 0.717) is 6.04 Å². The number of pyridine rings is 1. The van der Waals surface area contributed by atoms with Crippen LogP contribution in [0.25, 0.3) is 10.9 Å². The van der Waals surface area contributed by atoms with E-state index in [-0.39, 0.29) is 6.10 Å². The lowest BCUT2D eigenvalue weighted by atomic mass is 10.1. The summed E-state index contributed by atoms with van der Waals surface area (Å²) in [4.78, 5) is 12.7. The molecule has 1 N–H and O–H groups in total. The predicted octanol–water partition coefficient (Wildman–Crippen LogP) is 4.08. The van der Waals surface area contributed by atoms with Gasteiger partial charge in [-0.3, -0.25) is 9.88 Å². The van der Waals surface area contributed by atoms with Gasteiger partial charge in [-0.1, -0.05) is 12.1 Å². The topological polar surface area (TPSA) is 50.3 Å². The average molecular weight is 369 g/mol. The smallest absolute Gasteiger partial charge is 0.182 e. The summed E-state index contributed by atoms with van der Waals surface area (Å²) >= 11 is 1.72. The summed E-state index contributed by atoms with van der Waals surface area (Å²) in [6, 6.07) is 10.7. The van der Waals surface area contributed by atoms with Crippen LogP contribution in [0.1, 0.15) is 23.9 Å². The van der Waals surface area contributed by atoms with Crippen molar-refractivity contribution in [2.75, 3.05) is 18.9 Å². The number of aryl methyl sites for hydroxylation is 1. The number of thiazole rings is 1. The van der Waals surface area contributed by atoms with Gasteiger partial charge in [0.15, 0.2) is 5.13 Å². The molecule has 1 aromatic carbocycles. The van der Waals surface area contributed by atoms with Gasteiger partial charge in [0.05, 0.1) is 5.52 Å². The van der Waals surface area contributed by atoms with Gasteiger partial charge in [0.2, 0.25) is 0 Å². The standard InChI is InChI=1S/C20H24N4OS/c1-13-8-19(17-6-4-5-7-18(17)23-13)25-15-9-14(2)24(11-15)12-16-10-22-20(21-3)26-16/h4-8,10,14-15H,9,11-12H2,1-3H3,(H,21,22). The van der Waals surface area contributed by atoms with Gasteiger partial charge < -0.3 is 10.1 Å². The molecule has 2 atom stereocenters. The van der Waals surface area contributed by atoms with Crippen molar-refractivity contribution in [1.29, 1.82) is 0 Å². The maximum atomic E-state index is 6.43. The Hall–Kier alpha value is -2.18. The second kappa shape index (κ2) is 7.21. The number of fused-ring (bicyclic) bond motifs is 1. The summed E-state index contributed by atoms with van der Waals surface area (Å²) in [5, 5.41) is 5.16. The van der Waals surface area contributed by atoms with Gasteiger partial charge in [-0.15, -0.1) is 11.3 Å². The van der Waals surface area contributed by atoms with Gasteiger partial charge in [-0.2, -0.15) is 0 Å². The number of aromatic nitrogens is 2. The highest BCUT2D eigenvalue weighted by Gasteiger charge is 2.31. The van der Waals surface area contributed by atoms with Crippen LogP contribution in [0.5, 0.6) is 5.75 Å². The molecule has 136 valence electrons. The average Bonchev–Trinajstić information content (AvgIpc) is 3.21. The van der Waals surface area contributed by atoms with Crippen molar-refractivity contribution in [3.8, 4) is 5.75 Å². The zero-order valence-corrected chi connectivity index (χ0v) is 16.2. The second-order valence-electron chi connectivity index (χ2n) is 6.91. The lowest BCUT2D eigenvalue weighted by Gasteiger charge is -2.19. The summed E-state index contributed by atoms with van der Waals surface area (Å²) in [5.41, 5.74) is 1.99. The molecule has 0 bridgehead atoms. The molecule has 1 fully saturated rings. The SMILES string of the molecule is CNc1ncc(CN2CC(Oc3cc(C)nc4ccccc34)CC2C)s1. The van der Waals surface area contributed by atoms with E-state index >= 15 is 0 Å². The van der Waals surface area contributed by atoms with Crippen molar-refractivity contribution >= 4 is 27.4 Å². The van der Waals surface area contributed by atoms with Crippen LogP contribution in [0.2, 0.25) is 0 Å². The van der Waals surface area contributed by atoms with E-state index < -0.39 is 0 Å². The Bertz CT molecular complexity index is 910. The molecule has 3 aromatic rings. The van der Waals surface area contributed by atoms with Gasteiger partial charge in [0, 0.05) is 60.8 Å². The van der Waals surface area contributed by atoms with E-state index in [1.807, 2.05) is 38.4 Å². The van der Waals surface area contributed by atoms with Crippen LogP contribution in [-0.4, -0.2) is 40.6 Å². The van der Waals surface area contributed by atoms with E-state index in [1.54, 1.807) is 11.3 Å². The van der Waals surface area contributed by atoms with Gasteiger partial charge in [-0.25, -0.2) is 4.98 Å². The molecule has 3 heterocycles. The first-order valence-corrected chi connectivity index (χ1v) is 9.83. The molecule has 4 rings (SSSR count). The maximum absolute atomic E-state index is 6.43. The molecule has 2 aromatic heterocycles. The first-order chi connectivity index (χ1) is 12.6. The van der Waals surface area contributed by atoms with Crippen LogP contribution in [-0.2, 0) is 6.54 Å². The van der Waals surface area contributed by atoms with E-state index in [9.17, 15) is 0 Å². The van der Waals surface area contributed by atoms with Crippen molar-refractivity contribution in [2.45, 2.75) is 39.0 Å². The third-order valence-corrected chi connectivity index (χ3v) is 5.89. The number of hydrogen-bond donors (Lipinski definition) is 1. The molecule has 5 nitrogen and oxygen atoms in total. The van der Waals surface area contributed by atoms with Crippen LogP contribution in [0.15, 0.2) is 36.5 Å². The van der Waals surface area contributed by atoms with Crippen LogP contribution < -0.4 is 10.1 Å². The van der Waals surface area contributed by atoms with Crippen molar-refractivity contribution in [2.24, 2.45) is 0 Å². The number of ether oxygens (including phenoxy) is 1. The van der Waals surface area contributed by atoms with E-state index in [1.165, 1.54) is 4.88 Å². The highest BCUT2D eigenvalue weighted by molar-refractivity contribution is 7.15. The van der Waals surface area contributed by atoms with Gasteiger partial charge >= 0.3 is 0 Å². The number of likely N-dealkylation sites (tertiary alicyclic amines) is 1. The van der Waals surface area contributed by atoms with Gasteiger partial charge in [0.25, 0.3) is 0 Å². The van der Waals surface area contributed by atoms with E-state index in [2.05, 4.69) is 39.2 Å². The zero-order chi connectivity index (χ0) is 18.1. The fourth-order valence-electron chi connectivity index (χ4n) is 3.59. The Labute approximate surface area is 158 Å². The predicted molar refractivity (Wildman–Crippen MR) is 107 cm³/mol. The Kier molecular flexibility index (Phi) is 4.78. The number of anilines is 1. The molecule has 1 aliphatic heterocycles. The third-order valence-electron chi connectivity index (χ3n) is 4.89. The first-order valence-electron chi connectivity index (χ1n) is 9.02.